The number of benzene rings is 1. The van der Waals surface area contributed by atoms with Gasteiger partial charge in [0.2, 0.25) is 10.0 Å². The Balaban J connectivity index is 2.00. The van der Waals surface area contributed by atoms with Crippen LogP contribution in [-0.2, 0) is 23.1 Å². The third-order valence-corrected chi connectivity index (χ3v) is 4.54. The van der Waals surface area contributed by atoms with Crippen LogP contribution in [0, 0.1) is 0 Å². The fraction of sp³-hybridized carbons (Fsp3) is 0.286. The van der Waals surface area contributed by atoms with E-state index in [0.717, 1.165) is 12.2 Å². The van der Waals surface area contributed by atoms with Crippen LogP contribution in [0.4, 0.5) is 5.69 Å². The van der Waals surface area contributed by atoms with Crippen LogP contribution < -0.4 is 10.0 Å². The Bertz CT molecular complexity index is 660. The van der Waals surface area contributed by atoms with E-state index >= 15 is 0 Å². The largest absolute Gasteiger partial charge is 0.381 e. The molecule has 0 radical (unpaired) electrons. The molecule has 1 aromatic heterocycles. The molecule has 0 bridgehead atoms. The van der Waals surface area contributed by atoms with E-state index in [2.05, 4.69) is 33.8 Å². The Hall–Kier alpha value is -1.79. The molecule has 0 spiro atoms. The number of aryl methyl sites for hydroxylation is 1. The third-order valence-electron chi connectivity index (χ3n) is 3.11. The predicted molar refractivity (Wildman–Crippen MR) is 80.1 cm³/mol. The second-order valence-corrected chi connectivity index (χ2v) is 6.32. The van der Waals surface area contributed by atoms with Crippen molar-refractivity contribution in [3.8, 4) is 0 Å². The molecule has 2 N–H and O–H groups in total. The first-order valence-corrected chi connectivity index (χ1v) is 7.95. The second-order valence-electron chi connectivity index (χ2n) is 4.44. The summed E-state index contributed by atoms with van der Waals surface area (Å²) in [6.45, 7) is 3.76. The first-order valence-electron chi connectivity index (χ1n) is 6.47. The summed E-state index contributed by atoms with van der Waals surface area (Å²) in [5, 5.41) is 3.27. The van der Waals surface area contributed by atoms with Crippen LogP contribution in [0.25, 0.3) is 0 Å². The predicted octanol–water partition coefficient (Wildman–Crippen LogP) is 2.03. The van der Waals surface area contributed by atoms with E-state index in [4.69, 9.17) is 0 Å². The number of nitrogens with one attached hydrogen (secondary N) is 2. The van der Waals surface area contributed by atoms with Gasteiger partial charge < -0.3 is 9.88 Å². The molecule has 6 heteroatoms. The number of hydrogen-bond acceptors (Lipinski definition) is 3. The van der Waals surface area contributed by atoms with Crippen molar-refractivity contribution in [2.24, 2.45) is 0 Å². The monoisotopic (exact) mass is 293 g/mol. The van der Waals surface area contributed by atoms with Crippen LogP contribution >= 0.6 is 0 Å². The molecule has 0 saturated carbocycles. The maximum Gasteiger partial charge on any atom is 0.240 e. The Morgan fingerprint density at radius 3 is 2.40 bits per heavy atom. The van der Waals surface area contributed by atoms with Gasteiger partial charge in [0, 0.05) is 31.2 Å². The van der Waals surface area contributed by atoms with E-state index in [1.807, 2.05) is 6.20 Å². The average Bonchev–Trinajstić information content (AvgIpc) is 2.93. The molecule has 1 heterocycles. The van der Waals surface area contributed by atoms with Gasteiger partial charge in [0.15, 0.2) is 0 Å². The maximum atomic E-state index is 11.6. The summed E-state index contributed by atoms with van der Waals surface area (Å²) < 4.78 is 27.6. The van der Waals surface area contributed by atoms with Crippen molar-refractivity contribution in [1.82, 2.24) is 9.29 Å². The molecule has 0 aliphatic rings. The molecule has 0 aliphatic heterocycles. The number of rotatable bonds is 6. The summed E-state index contributed by atoms with van der Waals surface area (Å²) in [5.41, 5.74) is 2.09. The fourth-order valence-electron chi connectivity index (χ4n) is 1.87. The average molecular weight is 293 g/mol. The SMILES string of the molecule is CCn1ccc(CNc2ccc(S(=O)(=O)NC)cc2)c1. The lowest BCUT2D eigenvalue weighted by atomic mass is 10.3. The molecule has 1 aromatic carbocycles. The van der Waals surface area contributed by atoms with Gasteiger partial charge in [-0.3, -0.25) is 0 Å². The molecule has 108 valence electrons. The molecule has 0 amide bonds. The van der Waals surface area contributed by atoms with Crippen LogP contribution in [-0.4, -0.2) is 20.0 Å². The van der Waals surface area contributed by atoms with Crippen molar-refractivity contribution < 1.29 is 8.42 Å². The molecule has 2 rings (SSSR count). The molecule has 0 atom stereocenters. The number of nitrogens with zero attached hydrogens (tertiary/aromatic N) is 1. The molecule has 0 fully saturated rings. The third kappa shape index (κ3) is 3.40. The lowest BCUT2D eigenvalue weighted by Gasteiger charge is -2.07. The van der Waals surface area contributed by atoms with E-state index in [1.54, 1.807) is 24.3 Å². The molecule has 0 unspecified atom stereocenters. The fourth-order valence-corrected chi connectivity index (χ4v) is 2.60. The van der Waals surface area contributed by atoms with Gasteiger partial charge in [-0.15, -0.1) is 0 Å². The van der Waals surface area contributed by atoms with Crippen LogP contribution in [0.15, 0.2) is 47.6 Å². The summed E-state index contributed by atoms with van der Waals surface area (Å²) in [6, 6.07) is 8.77. The van der Waals surface area contributed by atoms with Crippen molar-refractivity contribution in [3.63, 3.8) is 0 Å². The number of anilines is 1. The van der Waals surface area contributed by atoms with Crippen molar-refractivity contribution in [2.45, 2.75) is 24.9 Å². The molecule has 2 aromatic rings. The highest BCUT2D eigenvalue weighted by Gasteiger charge is 2.10. The van der Waals surface area contributed by atoms with Crippen molar-refractivity contribution >= 4 is 15.7 Å². The van der Waals surface area contributed by atoms with Gasteiger partial charge in [0.25, 0.3) is 0 Å². The Morgan fingerprint density at radius 1 is 1.15 bits per heavy atom. The Kier molecular flexibility index (Phi) is 4.46. The summed E-state index contributed by atoms with van der Waals surface area (Å²) in [5.74, 6) is 0. The van der Waals surface area contributed by atoms with Crippen LogP contribution in [0.5, 0.6) is 0 Å². The summed E-state index contributed by atoms with van der Waals surface area (Å²) >= 11 is 0. The lowest BCUT2D eigenvalue weighted by Crippen LogP contribution is -2.18. The lowest BCUT2D eigenvalue weighted by molar-refractivity contribution is 0.588. The van der Waals surface area contributed by atoms with Gasteiger partial charge in [0.05, 0.1) is 4.90 Å². The topological polar surface area (TPSA) is 63.1 Å². The highest BCUT2D eigenvalue weighted by Crippen LogP contribution is 2.14. The maximum absolute atomic E-state index is 11.6. The molecule has 20 heavy (non-hydrogen) atoms. The van der Waals surface area contributed by atoms with E-state index in [9.17, 15) is 8.42 Å². The van der Waals surface area contributed by atoms with Crippen molar-refractivity contribution in [1.29, 1.82) is 0 Å². The van der Waals surface area contributed by atoms with Crippen LogP contribution in [0.3, 0.4) is 0 Å². The Labute approximate surface area is 119 Å². The van der Waals surface area contributed by atoms with Crippen molar-refractivity contribution in [2.75, 3.05) is 12.4 Å². The van der Waals surface area contributed by atoms with Gasteiger partial charge >= 0.3 is 0 Å². The van der Waals surface area contributed by atoms with E-state index in [0.29, 0.717) is 6.54 Å². The zero-order valence-corrected chi connectivity index (χ0v) is 12.4. The van der Waals surface area contributed by atoms with Crippen LogP contribution in [0.1, 0.15) is 12.5 Å². The molecular weight excluding hydrogens is 274 g/mol. The van der Waals surface area contributed by atoms with E-state index in [1.165, 1.54) is 12.6 Å². The van der Waals surface area contributed by atoms with E-state index < -0.39 is 10.0 Å². The standard InChI is InChI=1S/C14H19N3O2S/c1-3-17-9-8-12(11-17)10-16-13-4-6-14(7-5-13)20(18,19)15-2/h4-9,11,15-16H,3,10H2,1-2H3. The van der Waals surface area contributed by atoms with Gasteiger partial charge in [-0.25, -0.2) is 13.1 Å². The number of sulfonamides is 1. The first-order chi connectivity index (χ1) is 9.55. The minimum Gasteiger partial charge on any atom is -0.381 e. The van der Waals surface area contributed by atoms with Gasteiger partial charge in [0.1, 0.15) is 0 Å². The summed E-state index contributed by atoms with van der Waals surface area (Å²) in [4.78, 5) is 0.266. The van der Waals surface area contributed by atoms with Gasteiger partial charge in [-0.05, 0) is 49.9 Å². The highest BCUT2D eigenvalue weighted by molar-refractivity contribution is 7.89. The summed E-state index contributed by atoms with van der Waals surface area (Å²) in [6.07, 6.45) is 4.13. The van der Waals surface area contributed by atoms with Crippen LogP contribution in [0.2, 0.25) is 0 Å². The first kappa shape index (κ1) is 14.6. The quantitative estimate of drug-likeness (QED) is 0.856. The van der Waals surface area contributed by atoms with Gasteiger partial charge in [-0.2, -0.15) is 0 Å². The zero-order chi connectivity index (χ0) is 14.6. The molecule has 5 nitrogen and oxygen atoms in total. The highest BCUT2D eigenvalue weighted by atomic mass is 32.2. The minimum atomic E-state index is -3.36. The summed E-state index contributed by atoms with van der Waals surface area (Å²) in [7, 11) is -1.96. The number of aromatic nitrogens is 1. The Morgan fingerprint density at radius 2 is 1.85 bits per heavy atom. The zero-order valence-electron chi connectivity index (χ0n) is 11.6. The van der Waals surface area contributed by atoms with Crippen molar-refractivity contribution in [3.05, 3.63) is 48.3 Å². The van der Waals surface area contributed by atoms with E-state index in [-0.39, 0.29) is 4.90 Å². The normalized spacial score (nSPS) is 11.5. The molecule has 0 saturated heterocycles. The second kappa shape index (κ2) is 6.11. The minimum absolute atomic E-state index is 0.266. The molecular formula is C14H19N3O2S. The number of hydrogen-bond donors (Lipinski definition) is 2. The molecule has 0 aliphatic carbocycles. The smallest absolute Gasteiger partial charge is 0.240 e. The van der Waals surface area contributed by atoms with Gasteiger partial charge in [-0.1, -0.05) is 0 Å².